The van der Waals surface area contributed by atoms with Gasteiger partial charge in [0.25, 0.3) is 5.91 Å². The summed E-state index contributed by atoms with van der Waals surface area (Å²) in [6, 6.07) is -1.04. The number of Topliss-reactive ketones (excluding diaryl/α,β-unsaturated/α-hetero) is 1. The molecule has 4 rings (SSSR count). The van der Waals surface area contributed by atoms with Gasteiger partial charge in [0.2, 0.25) is 5.91 Å². The number of thiazole rings is 1. The van der Waals surface area contributed by atoms with E-state index in [1.807, 2.05) is 20.8 Å². The van der Waals surface area contributed by atoms with Gasteiger partial charge in [-0.3, -0.25) is 28.9 Å². The van der Waals surface area contributed by atoms with Crippen LogP contribution in [0.4, 0.5) is 0 Å². The zero-order valence-corrected chi connectivity index (χ0v) is 32.5. The highest BCUT2D eigenvalue weighted by molar-refractivity contribution is 7.09. The van der Waals surface area contributed by atoms with E-state index >= 15 is 0 Å². The van der Waals surface area contributed by atoms with E-state index in [1.165, 1.54) is 18.3 Å². The fourth-order valence-electron chi connectivity index (χ4n) is 7.23. The maximum Gasteiger partial charge on any atom is 0.306 e. The second-order valence-electron chi connectivity index (χ2n) is 14.9. The van der Waals surface area contributed by atoms with E-state index in [4.69, 9.17) is 4.74 Å². The maximum absolute atomic E-state index is 14.2. The Morgan fingerprint density at radius 1 is 1.08 bits per heavy atom. The van der Waals surface area contributed by atoms with Gasteiger partial charge in [0.15, 0.2) is 11.9 Å². The first-order valence-corrected chi connectivity index (χ1v) is 19.5. The van der Waals surface area contributed by atoms with Gasteiger partial charge in [0.05, 0.1) is 12.0 Å². The molecule has 1 aliphatic carbocycles. The van der Waals surface area contributed by atoms with Crippen molar-refractivity contribution in [2.45, 2.75) is 124 Å². The van der Waals surface area contributed by atoms with Crippen LogP contribution in [-0.2, 0) is 30.3 Å². The number of nitrogens with zero attached hydrogens (tertiary/aromatic N) is 5. The number of aliphatic carboxylic acids is 1. The zero-order valence-electron chi connectivity index (χ0n) is 31.7. The molecular weight excluding hydrogens is 685 g/mol. The van der Waals surface area contributed by atoms with Crippen LogP contribution in [0.3, 0.4) is 0 Å². The Labute approximate surface area is 311 Å². The highest BCUT2D eigenvalue weighted by atomic mass is 32.1. The average molecular weight is 741 g/mol. The Morgan fingerprint density at radius 3 is 2.37 bits per heavy atom. The number of aryl methyl sites for hydroxylation is 1. The Bertz CT molecular complexity index is 1540. The molecule has 1 saturated heterocycles. The Kier molecular flexibility index (Phi) is 14.8. The number of ether oxygens (including phenoxy) is 1. The monoisotopic (exact) mass is 740 g/mol. The minimum atomic E-state index is -0.977. The highest BCUT2D eigenvalue weighted by Crippen LogP contribution is 2.41. The number of amides is 2. The van der Waals surface area contributed by atoms with Crippen molar-refractivity contribution in [3.8, 4) is 0 Å². The Balaban J connectivity index is 1.49. The molecule has 0 unspecified atom stereocenters. The van der Waals surface area contributed by atoms with Crippen molar-refractivity contribution < 1.29 is 33.8 Å². The van der Waals surface area contributed by atoms with E-state index < -0.39 is 35.9 Å². The lowest BCUT2D eigenvalue weighted by Crippen LogP contribution is -2.48. The molecule has 14 heteroatoms. The Morgan fingerprint density at radius 2 is 1.77 bits per heavy atom. The molecule has 2 aliphatic rings. The lowest BCUT2D eigenvalue weighted by molar-refractivity contribution is -0.149. The topological polar surface area (TPSA) is 172 Å². The standard InChI is InChI=1S/C38H56N6O7S/c1-8-44-14-10-9-11-30(44)32(46)17-28(26-12-13-26)37(48)43(7)31(22(2)3)18-33(51-25(6)45)36-42-29(21-52-36)35(47)41-27(15-24(5)38(49)50)16-34-39-19-23(4)20-40-34/h19-22,24,26-28,30-31,33H,8-18H2,1-7H3,(H,41,47)(H,49,50)/t24-,27+,28-,30+,31+,33+/m0/s1. The molecule has 52 heavy (non-hydrogen) atoms. The van der Waals surface area contributed by atoms with Gasteiger partial charge in [0, 0.05) is 69.0 Å². The van der Waals surface area contributed by atoms with Crippen LogP contribution in [0.5, 0.6) is 0 Å². The summed E-state index contributed by atoms with van der Waals surface area (Å²) in [6.45, 7) is 12.6. The van der Waals surface area contributed by atoms with Gasteiger partial charge in [-0.25, -0.2) is 15.0 Å². The fourth-order valence-corrected chi connectivity index (χ4v) is 8.07. The molecular formula is C38H56N6O7S. The summed E-state index contributed by atoms with van der Waals surface area (Å²) in [5, 5.41) is 14.4. The number of rotatable bonds is 19. The number of carbonyl (C=O) groups excluding carboxylic acids is 4. The first kappa shape index (κ1) is 41.0. The fraction of sp³-hybridized carbons (Fsp3) is 0.684. The summed E-state index contributed by atoms with van der Waals surface area (Å²) in [6.07, 6.45) is 8.22. The minimum Gasteiger partial charge on any atom is -0.481 e. The molecule has 13 nitrogen and oxygen atoms in total. The predicted molar refractivity (Wildman–Crippen MR) is 197 cm³/mol. The first-order valence-electron chi connectivity index (χ1n) is 18.7. The van der Waals surface area contributed by atoms with E-state index in [0.29, 0.717) is 10.8 Å². The molecule has 2 amide bonds. The Hall–Kier alpha value is -3.78. The minimum absolute atomic E-state index is 0.0137. The number of hydrogen-bond acceptors (Lipinski definition) is 11. The van der Waals surface area contributed by atoms with Gasteiger partial charge in [-0.2, -0.15) is 0 Å². The number of likely N-dealkylation sites (tertiary alicyclic amines) is 1. The van der Waals surface area contributed by atoms with Crippen LogP contribution >= 0.6 is 11.3 Å². The van der Waals surface area contributed by atoms with E-state index in [1.54, 1.807) is 36.6 Å². The summed E-state index contributed by atoms with van der Waals surface area (Å²) < 4.78 is 5.77. The molecule has 2 aromatic rings. The molecule has 286 valence electrons. The molecule has 1 aliphatic heterocycles. The van der Waals surface area contributed by atoms with Crippen molar-refractivity contribution in [3.63, 3.8) is 0 Å². The molecule has 0 bridgehead atoms. The summed E-state index contributed by atoms with van der Waals surface area (Å²) in [5.74, 6) is -2.36. The van der Waals surface area contributed by atoms with Crippen LogP contribution in [0, 0.1) is 30.6 Å². The second-order valence-corrected chi connectivity index (χ2v) is 15.8. The van der Waals surface area contributed by atoms with Gasteiger partial charge in [0.1, 0.15) is 16.5 Å². The number of likely N-dealkylation sites (N-methyl/N-ethyl adjacent to an activating group) is 1. The SMILES string of the molecule is CCN1CCCC[C@@H]1C(=O)C[C@H](C(=O)N(C)[C@H](C[C@@H](OC(C)=O)c1nc(C(=O)N[C@@H](Cc2ncc(C)cn2)C[C@H](C)C(=O)O)cs1)C(C)C)C1CC1. The third kappa shape index (κ3) is 11.4. The zero-order chi connectivity index (χ0) is 38.1. The second kappa shape index (κ2) is 18.8. The van der Waals surface area contributed by atoms with Crippen molar-refractivity contribution in [1.29, 1.82) is 0 Å². The van der Waals surface area contributed by atoms with Crippen LogP contribution in [-0.4, -0.2) is 97.7 Å². The van der Waals surface area contributed by atoms with Crippen LogP contribution in [0.25, 0.3) is 0 Å². The third-order valence-corrected chi connectivity index (χ3v) is 11.3. The van der Waals surface area contributed by atoms with E-state index in [0.717, 1.165) is 50.8 Å². The number of nitrogens with one attached hydrogen (secondary N) is 1. The molecule has 0 spiro atoms. The lowest BCUT2D eigenvalue weighted by Gasteiger charge is -2.37. The van der Waals surface area contributed by atoms with Crippen LogP contribution in [0.1, 0.15) is 119 Å². The maximum atomic E-state index is 14.2. The van der Waals surface area contributed by atoms with Gasteiger partial charge < -0.3 is 20.1 Å². The van der Waals surface area contributed by atoms with Crippen molar-refractivity contribution in [2.75, 3.05) is 20.1 Å². The third-order valence-electron chi connectivity index (χ3n) is 10.4. The van der Waals surface area contributed by atoms with E-state index in [2.05, 4.69) is 32.1 Å². The molecule has 2 fully saturated rings. The molecule has 3 heterocycles. The normalized spacial score (nSPS) is 19.3. The van der Waals surface area contributed by atoms with Gasteiger partial charge in [-0.1, -0.05) is 34.1 Å². The quantitative estimate of drug-likeness (QED) is 0.185. The van der Waals surface area contributed by atoms with Crippen molar-refractivity contribution in [3.05, 3.63) is 39.9 Å². The van der Waals surface area contributed by atoms with Crippen molar-refractivity contribution in [2.24, 2.45) is 23.7 Å². The molecule has 1 saturated carbocycles. The summed E-state index contributed by atoms with van der Waals surface area (Å²) >= 11 is 1.18. The van der Waals surface area contributed by atoms with E-state index in [9.17, 15) is 29.1 Å². The smallest absolute Gasteiger partial charge is 0.306 e. The first-order chi connectivity index (χ1) is 24.7. The summed E-state index contributed by atoms with van der Waals surface area (Å²) in [5.41, 5.74) is 0.989. The summed E-state index contributed by atoms with van der Waals surface area (Å²) in [4.78, 5) is 82.4. The number of carboxylic acids is 1. The lowest BCUT2D eigenvalue weighted by atomic mass is 9.88. The number of piperidine rings is 1. The van der Waals surface area contributed by atoms with E-state index in [-0.39, 0.29) is 72.9 Å². The highest BCUT2D eigenvalue weighted by Gasteiger charge is 2.43. The number of aromatic nitrogens is 3. The van der Waals surface area contributed by atoms with Crippen molar-refractivity contribution >= 4 is 40.9 Å². The number of hydrogen-bond donors (Lipinski definition) is 2. The largest absolute Gasteiger partial charge is 0.481 e. The van der Waals surface area contributed by atoms with Gasteiger partial charge in [-0.05, 0) is 69.5 Å². The van der Waals surface area contributed by atoms with Gasteiger partial charge >= 0.3 is 11.9 Å². The molecule has 6 atom stereocenters. The number of ketones is 1. The number of esters is 1. The number of carbonyl (C=O) groups is 5. The predicted octanol–water partition coefficient (Wildman–Crippen LogP) is 5.03. The number of carboxylic acid groups (broad SMARTS) is 1. The van der Waals surface area contributed by atoms with Crippen LogP contribution in [0.15, 0.2) is 17.8 Å². The van der Waals surface area contributed by atoms with Crippen molar-refractivity contribution in [1.82, 2.24) is 30.1 Å². The van der Waals surface area contributed by atoms with Crippen LogP contribution in [0.2, 0.25) is 0 Å². The molecule has 2 N–H and O–H groups in total. The average Bonchev–Trinajstić information content (AvgIpc) is 3.83. The molecule has 0 radical (unpaired) electrons. The van der Waals surface area contributed by atoms with Crippen LogP contribution < -0.4 is 5.32 Å². The molecule has 2 aromatic heterocycles. The van der Waals surface area contributed by atoms with Gasteiger partial charge in [-0.15, -0.1) is 11.3 Å². The molecule has 0 aromatic carbocycles. The summed E-state index contributed by atoms with van der Waals surface area (Å²) in [7, 11) is 1.77.